The third kappa shape index (κ3) is 3.46. The Kier molecular flexibility index (Phi) is 4.34. The van der Waals surface area contributed by atoms with E-state index >= 15 is 0 Å². The number of hydrogen-bond acceptors (Lipinski definition) is 3. The number of benzene rings is 1. The van der Waals surface area contributed by atoms with Crippen LogP contribution in [-0.2, 0) is 16.0 Å². The Bertz CT molecular complexity index is 601. The summed E-state index contributed by atoms with van der Waals surface area (Å²) in [4.78, 5) is 0. The first kappa shape index (κ1) is 15.6. The van der Waals surface area contributed by atoms with Crippen molar-refractivity contribution in [3.63, 3.8) is 0 Å². The molecule has 1 aromatic rings. The van der Waals surface area contributed by atoms with Gasteiger partial charge in [-0.05, 0) is 47.0 Å². The van der Waals surface area contributed by atoms with Crippen LogP contribution in [0.1, 0.15) is 18.4 Å². The molecule has 1 fully saturated rings. The largest absolute Gasteiger partial charge is 0.416 e. The van der Waals surface area contributed by atoms with Crippen molar-refractivity contribution in [2.75, 3.05) is 17.6 Å². The van der Waals surface area contributed by atoms with E-state index in [0.29, 0.717) is 18.5 Å². The fourth-order valence-electron chi connectivity index (χ4n) is 2.15. The Labute approximate surface area is 123 Å². The van der Waals surface area contributed by atoms with Gasteiger partial charge in [0.1, 0.15) is 0 Å². The van der Waals surface area contributed by atoms with Gasteiger partial charge in [0.25, 0.3) is 0 Å². The number of sulfone groups is 1. The van der Waals surface area contributed by atoms with Crippen molar-refractivity contribution in [1.29, 1.82) is 0 Å². The molecule has 1 N–H and O–H groups in total. The molecule has 0 aliphatic carbocycles. The molecule has 0 bridgehead atoms. The average Bonchev–Trinajstić information content (AvgIpc) is 2.65. The Morgan fingerprint density at radius 2 is 2.05 bits per heavy atom. The van der Waals surface area contributed by atoms with Crippen molar-refractivity contribution >= 4 is 31.5 Å². The number of anilines is 1. The highest BCUT2D eigenvalue weighted by Gasteiger charge is 2.32. The predicted molar refractivity (Wildman–Crippen MR) is 74.4 cm³/mol. The van der Waals surface area contributed by atoms with Gasteiger partial charge in [0.05, 0.1) is 16.6 Å². The molecule has 1 aliphatic heterocycles. The summed E-state index contributed by atoms with van der Waals surface area (Å²) < 4.78 is 61.1. The molecule has 8 heteroatoms. The number of alkyl halides is 3. The second-order valence-electron chi connectivity index (χ2n) is 4.70. The van der Waals surface area contributed by atoms with E-state index in [0.717, 1.165) is 12.1 Å². The van der Waals surface area contributed by atoms with Crippen molar-refractivity contribution in [2.45, 2.75) is 24.3 Å². The highest BCUT2D eigenvalue weighted by Crippen LogP contribution is 2.34. The van der Waals surface area contributed by atoms with E-state index in [1.54, 1.807) is 0 Å². The van der Waals surface area contributed by atoms with Crippen LogP contribution in [0.5, 0.6) is 0 Å². The highest BCUT2D eigenvalue weighted by molar-refractivity contribution is 9.10. The molecule has 112 valence electrons. The first-order valence-electron chi connectivity index (χ1n) is 6.02. The summed E-state index contributed by atoms with van der Waals surface area (Å²) in [5, 5.41) is 2.43. The molecule has 20 heavy (non-hydrogen) atoms. The molecule has 2 rings (SSSR count). The van der Waals surface area contributed by atoms with E-state index in [4.69, 9.17) is 0 Å². The van der Waals surface area contributed by atoms with Crippen LogP contribution in [0.25, 0.3) is 0 Å². The predicted octanol–water partition coefficient (Wildman–Crippen LogP) is 3.46. The standard InChI is InChI=1S/C12H13BrF3NO2S/c13-10-6-8(12(14,15)16)3-4-11(10)17-7-9-2-1-5-20(9,18)19/h3-4,6,9,17H,1-2,5,7H2. The van der Waals surface area contributed by atoms with Crippen LogP contribution in [-0.4, -0.2) is 26.0 Å². The monoisotopic (exact) mass is 371 g/mol. The topological polar surface area (TPSA) is 46.2 Å². The van der Waals surface area contributed by atoms with E-state index in [1.165, 1.54) is 6.07 Å². The minimum Gasteiger partial charge on any atom is -0.383 e. The summed E-state index contributed by atoms with van der Waals surface area (Å²) in [6.07, 6.45) is -3.16. The Hall–Kier alpha value is -0.760. The molecule has 1 atom stereocenters. The lowest BCUT2D eigenvalue weighted by molar-refractivity contribution is -0.137. The van der Waals surface area contributed by atoms with Gasteiger partial charge >= 0.3 is 6.18 Å². The third-order valence-electron chi connectivity index (χ3n) is 3.28. The number of halogens is 4. The normalized spacial score (nSPS) is 21.9. The maximum absolute atomic E-state index is 12.5. The zero-order chi connectivity index (χ0) is 15.0. The molecule has 0 spiro atoms. The number of hydrogen-bond donors (Lipinski definition) is 1. The van der Waals surface area contributed by atoms with Gasteiger partial charge in [-0.3, -0.25) is 0 Å². The van der Waals surface area contributed by atoms with E-state index < -0.39 is 26.8 Å². The molecule has 1 unspecified atom stereocenters. The third-order valence-corrected chi connectivity index (χ3v) is 6.21. The van der Waals surface area contributed by atoms with Gasteiger partial charge in [-0.15, -0.1) is 0 Å². The quantitative estimate of drug-likeness (QED) is 0.884. The molecule has 1 saturated heterocycles. The van der Waals surface area contributed by atoms with Gasteiger partial charge < -0.3 is 5.32 Å². The molecule has 0 amide bonds. The van der Waals surface area contributed by atoms with Crippen molar-refractivity contribution in [3.05, 3.63) is 28.2 Å². The fourth-order valence-corrected chi connectivity index (χ4v) is 4.43. The molecule has 0 aromatic heterocycles. The van der Waals surface area contributed by atoms with Crippen LogP contribution in [0.15, 0.2) is 22.7 Å². The van der Waals surface area contributed by atoms with Gasteiger partial charge in [0, 0.05) is 16.7 Å². The molecule has 0 radical (unpaired) electrons. The summed E-state index contributed by atoms with van der Waals surface area (Å²) >= 11 is 3.07. The molecule has 1 heterocycles. The Morgan fingerprint density at radius 1 is 1.35 bits per heavy atom. The van der Waals surface area contributed by atoms with E-state index in [2.05, 4.69) is 21.2 Å². The highest BCUT2D eigenvalue weighted by atomic mass is 79.9. The van der Waals surface area contributed by atoms with Gasteiger partial charge in [-0.25, -0.2) is 8.42 Å². The molecule has 0 saturated carbocycles. The molecule has 3 nitrogen and oxygen atoms in total. The minimum absolute atomic E-state index is 0.188. The lowest BCUT2D eigenvalue weighted by Crippen LogP contribution is -2.25. The zero-order valence-electron chi connectivity index (χ0n) is 10.4. The van der Waals surface area contributed by atoms with E-state index in [-0.39, 0.29) is 16.8 Å². The first-order valence-corrected chi connectivity index (χ1v) is 8.53. The summed E-state index contributed by atoms with van der Waals surface area (Å²) in [5.41, 5.74) is -0.288. The minimum atomic E-state index is -4.39. The lowest BCUT2D eigenvalue weighted by Gasteiger charge is -2.14. The smallest absolute Gasteiger partial charge is 0.383 e. The fraction of sp³-hybridized carbons (Fsp3) is 0.500. The maximum atomic E-state index is 12.5. The van der Waals surface area contributed by atoms with Crippen molar-refractivity contribution < 1.29 is 21.6 Å². The zero-order valence-corrected chi connectivity index (χ0v) is 12.8. The van der Waals surface area contributed by atoms with Gasteiger partial charge in [0.2, 0.25) is 0 Å². The van der Waals surface area contributed by atoms with Crippen LogP contribution in [0.3, 0.4) is 0 Å². The van der Waals surface area contributed by atoms with Crippen LogP contribution < -0.4 is 5.32 Å². The lowest BCUT2D eigenvalue weighted by atomic mass is 10.2. The number of rotatable bonds is 3. The first-order chi connectivity index (χ1) is 9.20. The summed E-state index contributed by atoms with van der Waals surface area (Å²) in [5.74, 6) is 0.188. The summed E-state index contributed by atoms with van der Waals surface area (Å²) in [7, 11) is -3.06. The van der Waals surface area contributed by atoms with Crippen molar-refractivity contribution in [2.24, 2.45) is 0 Å². The maximum Gasteiger partial charge on any atom is 0.416 e. The molecule has 1 aromatic carbocycles. The van der Waals surface area contributed by atoms with Crippen molar-refractivity contribution in [1.82, 2.24) is 0 Å². The van der Waals surface area contributed by atoms with Gasteiger partial charge in [0.15, 0.2) is 9.84 Å². The SMILES string of the molecule is O=S1(=O)CCCC1CNc1ccc(C(F)(F)F)cc1Br. The Balaban J connectivity index is 2.08. The van der Waals surface area contributed by atoms with Gasteiger partial charge in [-0.1, -0.05) is 0 Å². The van der Waals surface area contributed by atoms with Gasteiger partial charge in [-0.2, -0.15) is 13.2 Å². The summed E-state index contributed by atoms with van der Waals surface area (Å²) in [6, 6.07) is 3.25. The van der Waals surface area contributed by atoms with Crippen molar-refractivity contribution in [3.8, 4) is 0 Å². The molecular formula is C12H13BrF3NO2S. The number of nitrogens with one attached hydrogen (secondary N) is 1. The Morgan fingerprint density at radius 3 is 2.55 bits per heavy atom. The van der Waals surface area contributed by atoms with Crippen LogP contribution >= 0.6 is 15.9 Å². The van der Waals surface area contributed by atoms with Crippen LogP contribution in [0.4, 0.5) is 18.9 Å². The van der Waals surface area contributed by atoms with Crippen LogP contribution in [0.2, 0.25) is 0 Å². The average molecular weight is 372 g/mol. The second-order valence-corrected chi connectivity index (χ2v) is 7.96. The summed E-state index contributed by atoms with van der Waals surface area (Å²) in [6.45, 7) is 0.215. The van der Waals surface area contributed by atoms with E-state index in [1.807, 2.05) is 0 Å². The molecule has 1 aliphatic rings. The van der Waals surface area contributed by atoms with Crippen LogP contribution in [0, 0.1) is 0 Å². The second kappa shape index (κ2) is 5.55. The molecular weight excluding hydrogens is 359 g/mol. The van der Waals surface area contributed by atoms with E-state index in [9.17, 15) is 21.6 Å².